The van der Waals surface area contributed by atoms with Gasteiger partial charge in [-0.05, 0) is 74.6 Å². The zero-order valence-electron chi connectivity index (χ0n) is 34.0. The van der Waals surface area contributed by atoms with E-state index >= 15 is 0 Å². The van der Waals surface area contributed by atoms with Gasteiger partial charge in [-0.25, -0.2) is 0 Å². The van der Waals surface area contributed by atoms with Crippen LogP contribution in [0.1, 0.15) is 86.6 Å². The molecular formula is C40H69N5O6S. The average Bonchev–Trinajstić information content (AvgIpc) is 3.57. The number of amides is 4. The van der Waals surface area contributed by atoms with Crippen molar-refractivity contribution < 1.29 is 29.0 Å². The molecule has 0 radical (unpaired) electrons. The number of likely N-dealkylation sites (N-methyl/N-ethyl adjacent to an activating group) is 2. The zero-order chi connectivity index (χ0) is 39.3. The van der Waals surface area contributed by atoms with Crippen LogP contribution in [0, 0.1) is 23.7 Å². The summed E-state index contributed by atoms with van der Waals surface area (Å²) < 4.78 is 6.06. The highest BCUT2D eigenvalue weighted by atomic mass is 32.2. The van der Waals surface area contributed by atoms with E-state index in [2.05, 4.69) is 31.4 Å². The number of hydrogen-bond acceptors (Lipinski definition) is 8. The second-order valence-corrected chi connectivity index (χ2v) is 16.9. The number of carbonyl (C=O) groups is 4. The van der Waals surface area contributed by atoms with Gasteiger partial charge >= 0.3 is 0 Å². The molecule has 52 heavy (non-hydrogen) atoms. The molecule has 8 atom stereocenters. The lowest BCUT2D eigenvalue weighted by Gasteiger charge is -2.41. The summed E-state index contributed by atoms with van der Waals surface area (Å²) in [5, 5.41) is 15.8. The van der Waals surface area contributed by atoms with Gasteiger partial charge in [0, 0.05) is 44.5 Å². The summed E-state index contributed by atoms with van der Waals surface area (Å²) >= 11 is 1.72. The van der Waals surface area contributed by atoms with Gasteiger partial charge in [-0.15, -0.1) is 0 Å². The van der Waals surface area contributed by atoms with Crippen LogP contribution in [0.2, 0.25) is 0 Å². The molecule has 0 bridgehead atoms. The number of carbonyl (C=O) groups excluding carboxylic acids is 4. The molecule has 1 aromatic carbocycles. The summed E-state index contributed by atoms with van der Waals surface area (Å²) in [6.45, 7) is 17.1. The minimum atomic E-state index is -0.735. The first-order valence-corrected chi connectivity index (χ1v) is 20.3. The first-order valence-electron chi connectivity index (χ1n) is 19.2. The van der Waals surface area contributed by atoms with Crippen LogP contribution < -0.4 is 10.6 Å². The van der Waals surface area contributed by atoms with Gasteiger partial charge in [0.2, 0.25) is 23.6 Å². The number of nitrogens with one attached hydrogen (secondary N) is 2. The van der Waals surface area contributed by atoms with E-state index in [1.165, 1.54) is 0 Å². The number of phenols is 1. The lowest BCUT2D eigenvalue weighted by Crippen LogP contribution is -2.59. The molecule has 3 N–H and O–H groups in total. The number of hydrogen-bond donors (Lipinski definition) is 3. The van der Waals surface area contributed by atoms with Crippen molar-refractivity contribution in [3.8, 4) is 5.75 Å². The summed E-state index contributed by atoms with van der Waals surface area (Å²) in [5.41, 5.74) is 0.948. The largest absolute Gasteiger partial charge is 0.508 e. The number of methoxy groups -OCH3 is 1. The Morgan fingerprint density at radius 2 is 1.69 bits per heavy atom. The number of benzene rings is 1. The van der Waals surface area contributed by atoms with Gasteiger partial charge in [-0.3, -0.25) is 24.1 Å². The van der Waals surface area contributed by atoms with E-state index in [1.807, 2.05) is 64.6 Å². The fourth-order valence-electron chi connectivity index (χ4n) is 7.70. The molecule has 1 saturated heterocycles. The lowest BCUT2D eigenvalue weighted by molar-refractivity contribution is -0.146. The van der Waals surface area contributed by atoms with Gasteiger partial charge in [0.25, 0.3) is 0 Å². The van der Waals surface area contributed by atoms with Gasteiger partial charge in [0.15, 0.2) is 0 Å². The van der Waals surface area contributed by atoms with E-state index in [1.54, 1.807) is 49.0 Å². The Morgan fingerprint density at radius 1 is 1.02 bits per heavy atom. The molecule has 296 valence electrons. The third-order valence-corrected chi connectivity index (χ3v) is 12.1. The van der Waals surface area contributed by atoms with Crippen molar-refractivity contribution in [3.63, 3.8) is 0 Å². The molecule has 0 aromatic heterocycles. The van der Waals surface area contributed by atoms with Crippen molar-refractivity contribution in [1.29, 1.82) is 0 Å². The summed E-state index contributed by atoms with van der Waals surface area (Å²) in [6, 6.07) is 5.43. The van der Waals surface area contributed by atoms with Crippen molar-refractivity contribution in [2.45, 2.75) is 123 Å². The standard InChI is InChI=1S/C40H69N5O6S/c1-13-27(7)36(44(11)40(50)34(25(3)4)42-39(49)35(26(5)6)43(9)10)32(51-12)24-33(47)45-22-16-19-31(45)37(52-14-2)28(8)38(48)41-21-20-29-17-15-18-30(46)23-29/h15,17-18,23,25-28,31-32,34-37,46H,13-14,16,19-22,24H2,1-12H3,(H,41,48)(H,42,49). The van der Waals surface area contributed by atoms with E-state index in [-0.39, 0.29) is 76.8 Å². The smallest absolute Gasteiger partial charge is 0.245 e. The Bertz CT molecular complexity index is 1290. The predicted molar refractivity (Wildman–Crippen MR) is 211 cm³/mol. The zero-order valence-corrected chi connectivity index (χ0v) is 34.8. The third-order valence-electron chi connectivity index (χ3n) is 10.7. The number of phenolic OH excluding ortho intramolecular Hbond substituents is 1. The molecule has 1 aromatic rings. The van der Waals surface area contributed by atoms with Gasteiger partial charge < -0.3 is 30.3 Å². The van der Waals surface area contributed by atoms with Crippen molar-refractivity contribution in [1.82, 2.24) is 25.3 Å². The SMILES string of the molecule is CCSC(C(C)C(=O)NCCc1cccc(O)c1)C1CCCN1C(=O)CC(OC)C(C(C)CC)N(C)C(=O)C(NC(=O)C(C(C)C)N(C)C)C(C)C. The number of rotatable bonds is 21. The van der Waals surface area contributed by atoms with Gasteiger partial charge in [-0.1, -0.05) is 73.9 Å². The second-order valence-electron chi connectivity index (χ2n) is 15.4. The molecule has 12 heteroatoms. The Morgan fingerprint density at radius 3 is 2.23 bits per heavy atom. The van der Waals surface area contributed by atoms with Gasteiger partial charge in [-0.2, -0.15) is 11.8 Å². The Kier molecular flexibility index (Phi) is 19.0. The van der Waals surface area contributed by atoms with Crippen LogP contribution in [0.25, 0.3) is 0 Å². The number of thioether (sulfide) groups is 1. The Balaban J connectivity index is 2.24. The van der Waals surface area contributed by atoms with Crippen LogP contribution in [0.4, 0.5) is 0 Å². The normalized spacial score (nSPS) is 18.8. The van der Waals surface area contributed by atoms with E-state index in [0.717, 1.165) is 30.6 Å². The van der Waals surface area contributed by atoms with E-state index in [0.29, 0.717) is 19.5 Å². The van der Waals surface area contributed by atoms with Crippen molar-refractivity contribution >= 4 is 35.4 Å². The molecule has 0 aliphatic carbocycles. The van der Waals surface area contributed by atoms with Crippen LogP contribution in [0.3, 0.4) is 0 Å². The van der Waals surface area contributed by atoms with Crippen LogP contribution >= 0.6 is 11.8 Å². The number of aromatic hydroxyl groups is 1. The van der Waals surface area contributed by atoms with Crippen LogP contribution in [-0.4, -0.2) is 126 Å². The Labute approximate surface area is 318 Å². The van der Waals surface area contributed by atoms with Crippen molar-refractivity contribution in [3.05, 3.63) is 29.8 Å². The molecule has 2 rings (SSSR count). The van der Waals surface area contributed by atoms with Crippen molar-refractivity contribution in [2.75, 3.05) is 47.1 Å². The molecule has 1 aliphatic rings. The molecule has 4 amide bonds. The molecule has 0 spiro atoms. The molecule has 0 saturated carbocycles. The Hall–Kier alpha value is -2.83. The monoisotopic (exact) mass is 747 g/mol. The summed E-state index contributed by atoms with van der Waals surface area (Å²) in [5.74, 6) is 0.142. The second kappa shape index (κ2) is 21.8. The van der Waals surface area contributed by atoms with E-state index < -0.39 is 18.2 Å². The summed E-state index contributed by atoms with van der Waals surface area (Å²) in [6.07, 6.45) is 2.58. The maximum absolute atomic E-state index is 14.2. The third kappa shape index (κ3) is 12.4. The fourth-order valence-corrected chi connectivity index (χ4v) is 9.00. The minimum absolute atomic E-state index is 0.0155. The number of ether oxygens (including phenoxy) is 1. The number of nitrogens with zero attached hydrogens (tertiary/aromatic N) is 3. The molecule has 1 aliphatic heterocycles. The average molecular weight is 748 g/mol. The topological polar surface area (TPSA) is 132 Å². The van der Waals surface area contributed by atoms with Crippen LogP contribution in [-0.2, 0) is 30.3 Å². The van der Waals surface area contributed by atoms with Crippen LogP contribution in [0.5, 0.6) is 5.75 Å². The summed E-state index contributed by atoms with van der Waals surface area (Å²) in [7, 11) is 7.09. The molecule has 8 unspecified atom stereocenters. The highest BCUT2D eigenvalue weighted by molar-refractivity contribution is 7.99. The maximum Gasteiger partial charge on any atom is 0.245 e. The van der Waals surface area contributed by atoms with Gasteiger partial charge in [0.05, 0.1) is 24.6 Å². The molecule has 1 heterocycles. The van der Waals surface area contributed by atoms with Crippen molar-refractivity contribution in [2.24, 2.45) is 23.7 Å². The quantitative estimate of drug-likeness (QED) is 0.164. The highest BCUT2D eigenvalue weighted by Crippen LogP contribution is 2.34. The van der Waals surface area contributed by atoms with E-state index in [9.17, 15) is 24.3 Å². The fraction of sp³-hybridized carbons (Fsp3) is 0.750. The first-order chi connectivity index (χ1) is 24.5. The molecule has 11 nitrogen and oxygen atoms in total. The first kappa shape index (κ1) is 45.3. The maximum atomic E-state index is 14.2. The van der Waals surface area contributed by atoms with Gasteiger partial charge in [0.1, 0.15) is 11.8 Å². The molecular weight excluding hydrogens is 679 g/mol. The minimum Gasteiger partial charge on any atom is -0.508 e. The number of likely N-dealkylation sites (tertiary alicyclic amines) is 1. The predicted octanol–water partition coefficient (Wildman–Crippen LogP) is 4.80. The lowest BCUT2D eigenvalue weighted by atomic mass is 9.89. The molecule has 1 fully saturated rings. The highest BCUT2D eigenvalue weighted by Gasteiger charge is 2.43. The van der Waals surface area contributed by atoms with Crippen LogP contribution in [0.15, 0.2) is 24.3 Å². The van der Waals surface area contributed by atoms with E-state index in [4.69, 9.17) is 4.74 Å². The summed E-state index contributed by atoms with van der Waals surface area (Å²) in [4.78, 5) is 60.8.